The van der Waals surface area contributed by atoms with Crippen molar-refractivity contribution in [2.45, 2.75) is 45.3 Å². The van der Waals surface area contributed by atoms with E-state index in [0.29, 0.717) is 24.3 Å². The Bertz CT molecular complexity index is 1300. The van der Waals surface area contributed by atoms with Gasteiger partial charge in [0.15, 0.2) is 34.7 Å². The molecule has 0 saturated heterocycles. The number of phenols is 1. The van der Waals surface area contributed by atoms with Crippen molar-refractivity contribution in [2.75, 3.05) is 37.4 Å². The molecule has 6 atom stereocenters. The molecule has 210 valence electrons. The summed E-state index contributed by atoms with van der Waals surface area (Å²) in [6, 6.07) is 0.426. The topological polar surface area (TPSA) is 187 Å². The predicted octanol–water partition coefficient (Wildman–Crippen LogP) is -0.328. The molecule has 39 heavy (non-hydrogen) atoms. The molecule has 0 aromatic heterocycles. The molecule has 3 aliphatic rings. The molecule has 5 N–H and O–H groups in total. The lowest BCUT2D eigenvalue weighted by Crippen LogP contribution is -2.74. The highest BCUT2D eigenvalue weighted by Gasteiger charge is 2.69. The third kappa shape index (κ3) is 4.04. The molecular weight excluding hydrogens is 508 g/mol. The molecule has 2 saturated carbocycles. The first-order chi connectivity index (χ1) is 18.2. The Kier molecular flexibility index (Phi) is 7.15. The Labute approximate surface area is 225 Å². The SMILES string of the molecule is CCN(CC)c1cc(NC(C)=O)c(O)c2c1CC1CC3[C@H](N(C)C)C(=O)C(C(N)=O)C(=O)[C@@]3(O)C(=O)C1C2=O. The van der Waals surface area contributed by atoms with Gasteiger partial charge < -0.3 is 26.2 Å². The van der Waals surface area contributed by atoms with Gasteiger partial charge in [-0.3, -0.25) is 33.7 Å². The van der Waals surface area contributed by atoms with Crippen LogP contribution in [0.4, 0.5) is 11.4 Å². The Morgan fingerprint density at radius 3 is 2.26 bits per heavy atom. The largest absolute Gasteiger partial charge is 0.505 e. The molecular formula is C27H34N4O8. The number of nitrogens with zero attached hydrogens (tertiary/aromatic N) is 2. The van der Waals surface area contributed by atoms with Crippen LogP contribution in [0.25, 0.3) is 0 Å². The van der Waals surface area contributed by atoms with Crippen molar-refractivity contribution < 1.29 is 39.0 Å². The molecule has 1 aromatic carbocycles. The quantitative estimate of drug-likeness (QED) is 0.274. The summed E-state index contributed by atoms with van der Waals surface area (Å²) in [5.74, 6) is -11.7. The Morgan fingerprint density at radius 1 is 1.13 bits per heavy atom. The van der Waals surface area contributed by atoms with Gasteiger partial charge in [0.1, 0.15) is 5.75 Å². The number of anilines is 2. The predicted molar refractivity (Wildman–Crippen MR) is 139 cm³/mol. The average Bonchev–Trinajstić information content (AvgIpc) is 2.84. The zero-order valence-corrected chi connectivity index (χ0v) is 22.6. The Balaban J connectivity index is 1.92. The summed E-state index contributed by atoms with van der Waals surface area (Å²) in [7, 11) is 3.07. The van der Waals surface area contributed by atoms with E-state index in [-0.39, 0.29) is 24.1 Å². The van der Waals surface area contributed by atoms with Crippen LogP contribution in [0.3, 0.4) is 0 Å². The Hall–Kier alpha value is -3.64. The van der Waals surface area contributed by atoms with Crippen LogP contribution in [0.1, 0.15) is 43.1 Å². The maximum atomic E-state index is 14.0. The first kappa shape index (κ1) is 28.4. The number of nitrogens with two attached hydrogens (primary N) is 1. The molecule has 3 aliphatic carbocycles. The first-order valence-corrected chi connectivity index (χ1v) is 13.0. The van der Waals surface area contributed by atoms with Gasteiger partial charge in [-0.25, -0.2) is 0 Å². The number of likely N-dealkylation sites (N-methyl/N-ethyl adjacent to an activating group) is 1. The van der Waals surface area contributed by atoms with Crippen LogP contribution >= 0.6 is 0 Å². The summed E-state index contributed by atoms with van der Waals surface area (Å²) in [5.41, 5.74) is 3.48. The normalized spacial score (nSPS) is 30.0. The lowest BCUT2D eigenvalue weighted by Gasteiger charge is -2.52. The highest BCUT2D eigenvalue weighted by Crippen LogP contribution is 2.52. The fraction of sp³-hybridized carbons (Fsp3) is 0.556. The van der Waals surface area contributed by atoms with Crippen LogP contribution in [-0.4, -0.2) is 88.9 Å². The van der Waals surface area contributed by atoms with Crippen molar-refractivity contribution in [3.8, 4) is 5.75 Å². The van der Waals surface area contributed by atoms with Crippen LogP contribution in [0.5, 0.6) is 5.75 Å². The number of rotatable bonds is 6. The molecule has 4 rings (SSSR count). The number of primary amides is 1. The van der Waals surface area contributed by atoms with E-state index in [9.17, 15) is 39.0 Å². The zero-order valence-electron chi connectivity index (χ0n) is 22.6. The van der Waals surface area contributed by atoms with Crippen LogP contribution in [-0.2, 0) is 30.4 Å². The first-order valence-electron chi connectivity index (χ1n) is 13.0. The second-order valence-electron chi connectivity index (χ2n) is 10.8. The third-order valence-electron chi connectivity index (χ3n) is 8.45. The molecule has 0 aliphatic heterocycles. The summed E-state index contributed by atoms with van der Waals surface area (Å²) in [6.07, 6.45) is 0.112. The molecule has 1 aromatic rings. The zero-order chi connectivity index (χ0) is 29.1. The molecule has 0 spiro atoms. The highest BCUT2D eigenvalue weighted by atomic mass is 16.3. The van der Waals surface area contributed by atoms with E-state index < -0.39 is 76.0 Å². The minimum Gasteiger partial charge on any atom is -0.505 e. The number of phenolic OH excluding ortho intramolecular Hbond substituents is 1. The molecule has 0 radical (unpaired) electrons. The molecule has 12 heteroatoms. The number of Topliss-reactive ketones (excluding diaryl/α,β-unsaturated/α-hetero) is 4. The van der Waals surface area contributed by atoms with Crippen molar-refractivity contribution in [3.63, 3.8) is 0 Å². The maximum absolute atomic E-state index is 14.0. The summed E-state index contributed by atoms with van der Waals surface area (Å²) in [4.78, 5) is 81.9. The fourth-order valence-corrected chi connectivity index (χ4v) is 6.78. The van der Waals surface area contributed by atoms with E-state index in [4.69, 9.17) is 5.73 Å². The minimum atomic E-state index is -2.79. The van der Waals surface area contributed by atoms with Gasteiger partial charge in [-0.15, -0.1) is 0 Å². The number of aliphatic hydroxyl groups is 1. The minimum absolute atomic E-state index is 0.00407. The number of ketones is 4. The molecule has 0 bridgehead atoms. The standard InChI is InChI=1S/C27H34N4O8/c1-6-31(7-2)16-10-15(29-11(3)32)21(33)18-13(16)8-12-9-14-20(30(4)5)23(35)19(26(28)38)25(37)27(14,39)24(36)17(12)22(18)34/h10,12,14,17,19-20,33,39H,6-9H2,1-5H3,(H2,28,38)(H,29,32)/t12?,14?,17?,19?,20-,27-/m0/s1. The smallest absolute Gasteiger partial charge is 0.235 e. The lowest BCUT2D eigenvalue weighted by molar-refractivity contribution is -0.181. The van der Waals surface area contributed by atoms with Crippen molar-refractivity contribution in [1.29, 1.82) is 0 Å². The lowest BCUT2D eigenvalue weighted by atomic mass is 9.52. The van der Waals surface area contributed by atoms with Crippen molar-refractivity contribution >= 4 is 46.3 Å². The Morgan fingerprint density at radius 2 is 1.74 bits per heavy atom. The van der Waals surface area contributed by atoms with Crippen LogP contribution in [0, 0.1) is 23.7 Å². The van der Waals surface area contributed by atoms with Gasteiger partial charge in [-0.05, 0) is 58.3 Å². The van der Waals surface area contributed by atoms with Crippen molar-refractivity contribution in [2.24, 2.45) is 29.4 Å². The number of fused-ring (bicyclic) bond motifs is 3. The van der Waals surface area contributed by atoms with Crippen LogP contribution < -0.4 is 16.0 Å². The summed E-state index contributed by atoms with van der Waals surface area (Å²) >= 11 is 0. The van der Waals surface area contributed by atoms with Gasteiger partial charge in [0.05, 0.1) is 23.2 Å². The molecule has 4 unspecified atom stereocenters. The van der Waals surface area contributed by atoms with Gasteiger partial charge in [-0.2, -0.15) is 0 Å². The van der Waals surface area contributed by atoms with Gasteiger partial charge >= 0.3 is 0 Å². The second-order valence-corrected chi connectivity index (χ2v) is 10.8. The third-order valence-corrected chi connectivity index (χ3v) is 8.45. The van der Waals surface area contributed by atoms with E-state index in [1.165, 1.54) is 25.9 Å². The summed E-state index contributed by atoms with van der Waals surface area (Å²) < 4.78 is 0. The van der Waals surface area contributed by atoms with Crippen molar-refractivity contribution in [1.82, 2.24) is 4.90 Å². The number of carbonyl (C=O) groups excluding carboxylic acids is 6. The molecule has 2 fully saturated rings. The summed E-state index contributed by atoms with van der Waals surface area (Å²) in [6.45, 7) is 6.18. The average molecular weight is 543 g/mol. The van der Waals surface area contributed by atoms with Crippen molar-refractivity contribution in [3.05, 3.63) is 17.2 Å². The number of carbonyl (C=O) groups is 6. The highest BCUT2D eigenvalue weighted by molar-refractivity contribution is 6.32. The van der Waals surface area contributed by atoms with Gasteiger partial charge in [-0.1, -0.05) is 0 Å². The molecule has 2 amide bonds. The van der Waals surface area contributed by atoms with E-state index in [1.807, 2.05) is 18.7 Å². The van der Waals surface area contributed by atoms with Crippen LogP contribution in [0.2, 0.25) is 0 Å². The van der Waals surface area contributed by atoms with Gasteiger partial charge in [0.25, 0.3) is 0 Å². The van der Waals surface area contributed by atoms with E-state index in [0.717, 1.165) is 0 Å². The number of hydrogen-bond acceptors (Lipinski definition) is 10. The maximum Gasteiger partial charge on any atom is 0.235 e. The van der Waals surface area contributed by atoms with Gasteiger partial charge in [0, 0.05) is 31.6 Å². The number of amides is 2. The van der Waals surface area contributed by atoms with Gasteiger partial charge in [0.2, 0.25) is 11.8 Å². The second kappa shape index (κ2) is 9.83. The molecule has 0 heterocycles. The van der Waals surface area contributed by atoms with E-state index in [2.05, 4.69) is 5.32 Å². The van der Waals surface area contributed by atoms with E-state index >= 15 is 0 Å². The fourth-order valence-electron chi connectivity index (χ4n) is 6.78. The number of aromatic hydroxyl groups is 1. The number of hydrogen-bond donors (Lipinski definition) is 4. The number of benzene rings is 1. The van der Waals surface area contributed by atoms with E-state index in [1.54, 1.807) is 6.07 Å². The summed E-state index contributed by atoms with van der Waals surface area (Å²) in [5, 5.41) is 25.3. The monoisotopic (exact) mass is 542 g/mol. The number of nitrogens with one attached hydrogen (secondary N) is 1. The molecule has 12 nitrogen and oxygen atoms in total. The van der Waals surface area contributed by atoms with Crippen LogP contribution in [0.15, 0.2) is 6.07 Å².